The monoisotopic (exact) mass is 261 g/mol. The van der Waals surface area contributed by atoms with Crippen LogP contribution in [0, 0.1) is 11.3 Å². The Bertz CT molecular complexity index is 400. The van der Waals surface area contributed by atoms with Crippen molar-refractivity contribution in [3.05, 3.63) is 35.4 Å². The molecule has 1 aliphatic rings. The van der Waals surface area contributed by atoms with Gasteiger partial charge in [-0.1, -0.05) is 45.0 Å². The summed E-state index contributed by atoms with van der Waals surface area (Å²) < 4.78 is 0. The Kier molecular flexibility index (Phi) is 4.64. The Labute approximate surface area is 117 Å². The molecular weight excluding hydrogens is 234 g/mol. The molecule has 2 heteroatoms. The molecule has 2 nitrogen and oxygen atoms in total. The van der Waals surface area contributed by atoms with E-state index in [1.165, 1.54) is 36.8 Å². The van der Waals surface area contributed by atoms with Crippen LogP contribution < -0.4 is 5.90 Å². The molecule has 1 aromatic rings. The highest BCUT2D eigenvalue weighted by atomic mass is 16.6. The zero-order valence-corrected chi connectivity index (χ0v) is 12.5. The van der Waals surface area contributed by atoms with Crippen LogP contribution in [0.2, 0.25) is 0 Å². The standard InChI is InChI=1S/C17H27NO/c1-17(2,3)16-9-7-14(8-10-16)15-6-4-5-13(11-15)12-19-18/h4-6,11,14,16H,7-10,12,18H2,1-3H3. The first kappa shape index (κ1) is 14.5. The molecule has 2 rings (SSSR count). The van der Waals surface area contributed by atoms with Crippen LogP contribution in [0.1, 0.15) is 63.5 Å². The van der Waals surface area contributed by atoms with E-state index in [2.05, 4.69) is 45.0 Å². The highest BCUT2D eigenvalue weighted by Crippen LogP contribution is 2.43. The first-order valence-corrected chi connectivity index (χ1v) is 7.41. The van der Waals surface area contributed by atoms with E-state index in [1.807, 2.05) is 0 Å². The Balaban J connectivity index is 1.99. The van der Waals surface area contributed by atoms with Gasteiger partial charge in [0, 0.05) is 0 Å². The van der Waals surface area contributed by atoms with Crippen molar-refractivity contribution < 1.29 is 4.84 Å². The molecule has 0 amide bonds. The number of nitrogens with two attached hydrogens (primary N) is 1. The van der Waals surface area contributed by atoms with Gasteiger partial charge in [0.05, 0.1) is 6.61 Å². The van der Waals surface area contributed by atoms with E-state index in [9.17, 15) is 0 Å². The van der Waals surface area contributed by atoms with E-state index < -0.39 is 0 Å². The van der Waals surface area contributed by atoms with Crippen molar-refractivity contribution in [2.45, 2.75) is 59.0 Å². The summed E-state index contributed by atoms with van der Waals surface area (Å²) >= 11 is 0. The summed E-state index contributed by atoms with van der Waals surface area (Å²) in [6.07, 6.45) is 5.33. The summed E-state index contributed by atoms with van der Waals surface area (Å²) in [6.45, 7) is 7.62. The average Bonchev–Trinajstić information content (AvgIpc) is 2.39. The van der Waals surface area contributed by atoms with Gasteiger partial charge in [-0.25, -0.2) is 5.90 Å². The zero-order valence-electron chi connectivity index (χ0n) is 12.5. The van der Waals surface area contributed by atoms with Gasteiger partial charge >= 0.3 is 0 Å². The van der Waals surface area contributed by atoms with Gasteiger partial charge in [0.15, 0.2) is 0 Å². The molecule has 1 fully saturated rings. The molecule has 106 valence electrons. The molecule has 2 N–H and O–H groups in total. The van der Waals surface area contributed by atoms with E-state index in [0.29, 0.717) is 12.0 Å². The van der Waals surface area contributed by atoms with Crippen LogP contribution in [0.15, 0.2) is 24.3 Å². The predicted octanol–water partition coefficient (Wildman–Crippen LogP) is 4.40. The molecule has 0 heterocycles. The molecule has 0 unspecified atom stereocenters. The topological polar surface area (TPSA) is 35.2 Å². The molecule has 0 radical (unpaired) electrons. The van der Waals surface area contributed by atoms with Crippen LogP contribution in [0.25, 0.3) is 0 Å². The van der Waals surface area contributed by atoms with E-state index in [4.69, 9.17) is 10.7 Å². The van der Waals surface area contributed by atoms with E-state index >= 15 is 0 Å². The quantitative estimate of drug-likeness (QED) is 0.819. The summed E-state index contributed by atoms with van der Waals surface area (Å²) in [5, 5.41) is 0. The van der Waals surface area contributed by atoms with Crippen molar-refractivity contribution in [3.8, 4) is 0 Å². The molecule has 0 aliphatic heterocycles. The van der Waals surface area contributed by atoms with Gasteiger partial charge in [-0.3, -0.25) is 4.84 Å². The molecule has 0 saturated heterocycles. The van der Waals surface area contributed by atoms with Crippen molar-refractivity contribution in [1.82, 2.24) is 0 Å². The predicted molar refractivity (Wildman–Crippen MR) is 79.6 cm³/mol. The highest BCUT2D eigenvalue weighted by molar-refractivity contribution is 5.26. The summed E-state index contributed by atoms with van der Waals surface area (Å²) in [7, 11) is 0. The van der Waals surface area contributed by atoms with E-state index in [0.717, 1.165) is 11.8 Å². The largest absolute Gasteiger partial charge is 0.300 e. The molecule has 0 aromatic heterocycles. The van der Waals surface area contributed by atoms with Gasteiger partial charge in [-0.05, 0) is 54.1 Å². The maximum Gasteiger partial charge on any atom is 0.0930 e. The van der Waals surface area contributed by atoms with Gasteiger partial charge in [-0.2, -0.15) is 0 Å². The lowest BCUT2D eigenvalue weighted by Crippen LogP contribution is -2.25. The van der Waals surface area contributed by atoms with Crippen molar-refractivity contribution >= 4 is 0 Å². The van der Waals surface area contributed by atoms with E-state index in [1.54, 1.807) is 0 Å². The summed E-state index contributed by atoms with van der Waals surface area (Å²) in [6, 6.07) is 8.72. The fraction of sp³-hybridized carbons (Fsp3) is 0.647. The minimum atomic E-state index is 0.459. The van der Waals surface area contributed by atoms with Crippen LogP contribution >= 0.6 is 0 Å². The van der Waals surface area contributed by atoms with Gasteiger partial charge in [-0.15, -0.1) is 0 Å². The number of hydrogen-bond donors (Lipinski definition) is 1. The Morgan fingerprint density at radius 1 is 1.16 bits per heavy atom. The summed E-state index contributed by atoms with van der Waals surface area (Å²) in [4.78, 5) is 4.73. The highest BCUT2D eigenvalue weighted by Gasteiger charge is 2.30. The first-order chi connectivity index (χ1) is 9.00. The lowest BCUT2D eigenvalue weighted by atomic mass is 9.68. The van der Waals surface area contributed by atoms with Crippen LogP contribution in [-0.4, -0.2) is 0 Å². The van der Waals surface area contributed by atoms with Gasteiger partial charge in [0.25, 0.3) is 0 Å². The maximum atomic E-state index is 5.16. The number of hydrogen-bond acceptors (Lipinski definition) is 2. The van der Waals surface area contributed by atoms with Crippen molar-refractivity contribution in [3.63, 3.8) is 0 Å². The third-order valence-electron chi connectivity index (χ3n) is 4.62. The second kappa shape index (κ2) is 6.06. The normalized spacial score (nSPS) is 24.4. The molecule has 0 atom stereocenters. The Hall–Kier alpha value is -0.860. The zero-order chi connectivity index (χ0) is 13.9. The molecule has 0 spiro atoms. The third-order valence-corrected chi connectivity index (χ3v) is 4.62. The molecule has 1 aromatic carbocycles. The van der Waals surface area contributed by atoms with Crippen LogP contribution in [-0.2, 0) is 11.4 Å². The smallest absolute Gasteiger partial charge is 0.0930 e. The molecule has 1 aliphatic carbocycles. The lowest BCUT2D eigenvalue weighted by molar-refractivity contribution is 0.124. The fourth-order valence-corrected chi connectivity index (χ4v) is 3.33. The summed E-state index contributed by atoms with van der Waals surface area (Å²) in [5.74, 6) is 6.75. The van der Waals surface area contributed by atoms with E-state index in [-0.39, 0.29) is 0 Å². The van der Waals surface area contributed by atoms with Crippen molar-refractivity contribution in [1.29, 1.82) is 0 Å². The maximum absolute atomic E-state index is 5.16. The Morgan fingerprint density at radius 3 is 2.42 bits per heavy atom. The van der Waals surface area contributed by atoms with Crippen molar-refractivity contribution in [2.75, 3.05) is 0 Å². The van der Waals surface area contributed by atoms with Crippen LogP contribution in [0.5, 0.6) is 0 Å². The van der Waals surface area contributed by atoms with Gasteiger partial charge in [0.2, 0.25) is 0 Å². The minimum absolute atomic E-state index is 0.459. The molecule has 19 heavy (non-hydrogen) atoms. The molecular formula is C17H27NO. The number of benzene rings is 1. The minimum Gasteiger partial charge on any atom is -0.300 e. The summed E-state index contributed by atoms with van der Waals surface area (Å²) in [5.41, 5.74) is 3.10. The molecule has 1 saturated carbocycles. The number of rotatable bonds is 3. The second-order valence-electron chi connectivity index (χ2n) is 6.97. The van der Waals surface area contributed by atoms with Crippen LogP contribution in [0.3, 0.4) is 0 Å². The second-order valence-corrected chi connectivity index (χ2v) is 6.97. The van der Waals surface area contributed by atoms with Gasteiger partial charge < -0.3 is 0 Å². The fourth-order valence-electron chi connectivity index (χ4n) is 3.33. The average molecular weight is 261 g/mol. The van der Waals surface area contributed by atoms with Crippen molar-refractivity contribution in [2.24, 2.45) is 17.2 Å². The lowest BCUT2D eigenvalue weighted by Gasteiger charge is -2.37. The SMILES string of the molecule is CC(C)(C)C1CCC(c2cccc(CON)c2)CC1. The third kappa shape index (κ3) is 3.80. The van der Waals surface area contributed by atoms with Crippen LogP contribution in [0.4, 0.5) is 0 Å². The van der Waals surface area contributed by atoms with Gasteiger partial charge in [0.1, 0.15) is 0 Å². The Morgan fingerprint density at radius 2 is 1.84 bits per heavy atom. The first-order valence-electron chi connectivity index (χ1n) is 7.41. The molecule has 0 bridgehead atoms.